The molecule has 0 fully saturated rings. The van der Waals surface area contributed by atoms with E-state index in [0.29, 0.717) is 28.9 Å². The van der Waals surface area contributed by atoms with E-state index in [-0.39, 0.29) is 11.2 Å². The molecule has 3 rings (SSSR count). The fraction of sp³-hybridized carbons (Fsp3) is 0.133. The predicted molar refractivity (Wildman–Crippen MR) is 88.7 cm³/mol. The molecule has 23 heavy (non-hydrogen) atoms. The highest BCUT2D eigenvalue weighted by Gasteiger charge is 2.13. The first kappa shape index (κ1) is 15.2. The molecule has 2 aromatic heterocycles. The molecule has 0 aliphatic heterocycles. The number of nitrogens with zero attached hydrogens (tertiary/aromatic N) is 4. The first-order chi connectivity index (χ1) is 11.2. The number of aromatic amines is 1. The van der Waals surface area contributed by atoms with Gasteiger partial charge < -0.3 is 9.72 Å². The molecule has 0 bridgehead atoms. The van der Waals surface area contributed by atoms with Crippen LogP contribution in [0, 0.1) is 0 Å². The van der Waals surface area contributed by atoms with Gasteiger partial charge >= 0.3 is 0 Å². The Hall–Kier alpha value is -2.74. The molecule has 0 saturated heterocycles. The second-order valence-electron chi connectivity index (χ2n) is 4.48. The number of rotatable bonds is 5. The van der Waals surface area contributed by atoms with E-state index in [9.17, 15) is 4.79 Å². The number of fused-ring (bicyclic) bond motifs is 1. The van der Waals surface area contributed by atoms with E-state index in [0.717, 1.165) is 0 Å². The first-order valence-corrected chi connectivity index (χ1v) is 7.97. The van der Waals surface area contributed by atoms with Gasteiger partial charge in [-0.3, -0.25) is 4.79 Å². The number of hydrogen-bond acceptors (Lipinski definition) is 7. The Balaban J connectivity index is 2.17. The lowest BCUT2D eigenvalue weighted by atomic mass is 10.2. The molecule has 8 heteroatoms. The van der Waals surface area contributed by atoms with Crippen molar-refractivity contribution in [3.05, 3.63) is 47.3 Å². The van der Waals surface area contributed by atoms with Gasteiger partial charge in [-0.05, 0) is 18.4 Å². The summed E-state index contributed by atoms with van der Waals surface area (Å²) in [6, 6.07) is 7.30. The SMILES string of the molecule is C=CCOc1ccccc1-c1nc2nc(SC)nnc2c(=O)[nH]1. The van der Waals surface area contributed by atoms with Crippen LogP contribution in [0.2, 0.25) is 0 Å². The predicted octanol–water partition coefficient (Wildman–Crippen LogP) is 2.06. The van der Waals surface area contributed by atoms with E-state index in [2.05, 4.69) is 31.7 Å². The number of nitrogens with one attached hydrogen (secondary N) is 1. The van der Waals surface area contributed by atoms with Gasteiger partial charge in [0.25, 0.3) is 5.56 Å². The standard InChI is InChI=1S/C15H13N5O2S/c1-3-8-22-10-7-5-4-6-9(10)12-16-13-11(14(21)17-12)19-20-15(18-13)23-2/h3-7H,1,8H2,2H3,(H,16,17,18,20,21). The first-order valence-electron chi connectivity index (χ1n) is 6.74. The Morgan fingerprint density at radius 1 is 1.30 bits per heavy atom. The fourth-order valence-electron chi connectivity index (χ4n) is 1.98. The zero-order chi connectivity index (χ0) is 16.2. The number of para-hydroxylation sites is 1. The van der Waals surface area contributed by atoms with Gasteiger partial charge in [0.05, 0.1) is 5.56 Å². The van der Waals surface area contributed by atoms with E-state index in [1.165, 1.54) is 11.8 Å². The Morgan fingerprint density at radius 3 is 2.91 bits per heavy atom. The van der Waals surface area contributed by atoms with Crippen molar-refractivity contribution in [2.75, 3.05) is 12.9 Å². The highest BCUT2D eigenvalue weighted by Crippen LogP contribution is 2.27. The molecular weight excluding hydrogens is 314 g/mol. The van der Waals surface area contributed by atoms with Crippen LogP contribution >= 0.6 is 11.8 Å². The third kappa shape index (κ3) is 3.07. The van der Waals surface area contributed by atoms with Crippen molar-refractivity contribution in [3.8, 4) is 17.1 Å². The number of aromatic nitrogens is 5. The van der Waals surface area contributed by atoms with Gasteiger partial charge in [0, 0.05) is 0 Å². The summed E-state index contributed by atoms with van der Waals surface area (Å²) in [4.78, 5) is 23.5. The van der Waals surface area contributed by atoms with Crippen LogP contribution in [0.25, 0.3) is 22.6 Å². The van der Waals surface area contributed by atoms with E-state index < -0.39 is 5.56 Å². The third-order valence-electron chi connectivity index (χ3n) is 3.00. The van der Waals surface area contributed by atoms with Crippen LogP contribution in [-0.2, 0) is 0 Å². The van der Waals surface area contributed by atoms with Crippen LogP contribution < -0.4 is 10.3 Å². The zero-order valence-corrected chi connectivity index (χ0v) is 13.1. The summed E-state index contributed by atoms with van der Waals surface area (Å²) in [7, 11) is 0. The van der Waals surface area contributed by atoms with Gasteiger partial charge in [-0.2, -0.15) is 4.98 Å². The maximum atomic E-state index is 12.2. The van der Waals surface area contributed by atoms with Gasteiger partial charge in [0.15, 0.2) is 11.2 Å². The largest absolute Gasteiger partial charge is 0.489 e. The number of ether oxygens (including phenoxy) is 1. The summed E-state index contributed by atoms with van der Waals surface area (Å²) in [6.07, 6.45) is 3.48. The van der Waals surface area contributed by atoms with Crippen molar-refractivity contribution in [2.45, 2.75) is 5.16 Å². The minimum absolute atomic E-state index is 0.107. The summed E-state index contributed by atoms with van der Waals surface area (Å²) in [5, 5.41) is 8.18. The maximum Gasteiger partial charge on any atom is 0.281 e. The van der Waals surface area contributed by atoms with Crippen molar-refractivity contribution in [3.63, 3.8) is 0 Å². The minimum Gasteiger partial charge on any atom is -0.489 e. The fourth-order valence-corrected chi connectivity index (χ4v) is 2.28. The summed E-state index contributed by atoms with van der Waals surface area (Å²) >= 11 is 1.33. The Labute approximate surface area is 135 Å². The Morgan fingerprint density at radius 2 is 2.13 bits per heavy atom. The Bertz CT molecular complexity index is 925. The molecule has 1 N–H and O–H groups in total. The molecule has 7 nitrogen and oxygen atoms in total. The van der Waals surface area contributed by atoms with Gasteiger partial charge in [0.1, 0.15) is 18.2 Å². The quantitative estimate of drug-likeness (QED) is 0.566. The van der Waals surface area contributed by atoms with E-state index in [1.807, 2.05) is 24.5 Å². The maximum absolute atomic E-state index is 12.2. The van der Waals surface area contributed by atoms with Crippen LogP contribution in [0.5, 0.6) is 5.75 Å². The van der Waals surface area contributed by atoms with E-state index in [4.69, 9.17) is 4.74 Å². The van der Waals surface area contributed by atoms with Crippen LogP contribution in [0.3, 0.4) is 0 Å². The normalized spacial score (nSPS) is 10.7. The van der Waals surface area contributed by atoms with Crippen LogP contribution in [0.1, 0.15) is 0 Å². The van der Waals surface area contributed by atoms with Gasteiger partial charge in [-0.1, -0.05) is 36.5 Å². The molecule has 0 aliphatic carbocycles. The third-order valence-corrected chi connectivity index (χ3v) is 3.53. The van der Waals surface area contributed by atoms with Gasteiger partial charge in [0.2, 0.25) is 5.16 Å². The second kappa shape index (κ2) is 6.57. The smallest absolute Gasteiger partial charge is 0.281 e. The van der Waals surface area contributed by atoms with Crippen LogP contribution in [-0.4, -0.2) is 38.0 Å². The number of benzene rings is 1. The summed E-state index contributed by atoms with van der Waals surface area (Å²) in [5.74, 6) is 0.969. The molecule has 0 unspecified atom stereocenters. The molecule has 1 aromatic carbocycles. The molecule has 0 atom stereocenters. The molecule has 0 saturated carbocycles. The topological polar surface area (TPSA) is 93.7 Å². The molecule has 0 radical (unpaired) electrons. The average molecular weight is 327 g/mol. The van der Waals surface area contributed by atoms with E-state index >= 15 is 0 Å². The second-order valence-corrected chi connectivity index (χ2v) is 5.25. The van der Waals surface area contributed by atoms with Gasteiger partial charge in [-0.25, -0.2) is 4.98 Å². The number of H-pyrrole nitrogens is 1. The highest BCUT2D eigenvalue weighted by molar-refractivity contribution is 7.98. The summed E-state index contributed by atoms with van der Waals surface area (Å²) < 4.78 is 5.60. The molecule has 2 heterocycles. The van der Waals surface area contributed by atoms with Gasteiger partial charge in [-0.15, -0.1) is 10.2 Å². The molecule has 0 aliphatic rings. The van der Waals surface area contributed by atoms with Crippen molar-refractivity contribution >= 4 is 22.9 Å². The van der Waals surface area contributed by atoms with E-state index in [1.54, 1.807) is 12.1 Å². The summed E-state index contributed by atoms with van der Waals surface area (Å²) in [6.45, 7) is 3.98. The lowest BCUT2D eigenvalue weighted by molar-refractivity contribution is 0.364. The minimum atomic E-state index is -0.392. The van der Waals surface area contributed by atoms with Crippen molar-refractivity contribution < 1.29 is 4.74 Å². The molecule has 0 amide bonds. The molecule has 0 spiro atoms. The van der Waals surface area contributed by atoms with Crippen LogP contribution in [0.15, 0.2) is 46.9 Å². The van der Waals surface area contributed by atoms with Crippen LogP contribution in [0.4, 0.5) is 0 Å². The highest BCUT2D eigenvalue weighted by atomic mass is 32.2. The monoisotopic (exact) mass is 327 g/mol. The zero-order valence-electron chi connectivity index (χ0n) is 12.3. The molecule has 3 aromatic rings. The van der Waals surface area contributed by atoms with Crippen molar-refractivity contribution in [2.24, 2.45) is 0 Å². The lowest BCUT2D eigenvalue weighted by Gasteiger charge is -2.09. The lowest BCUT2D eigenvalue weighted by Crippen LogP contribution is -2.13. The molecule has 116 valence electrons. The average Bonchev–Trinajstić information content (AvgIpc) is 2.59. The van der Waals surface area contributed by atoms with Crippen molar-refractivity contribution in [1.82, 2.24) is 25.1 Å². The number of hydrogen-bond donors (Lipinski definition) is 1. The van der Waals surface area contributed by atoms with Crippen molar-refractivity contribution in [1.29, 1.82) is 0 Å². The Kier molecular flexibility index (Phi) is 4.33. The molecular formula is C15H13N5O2S. The number of thioether (sulfide) groups is 1. The summed E-state index contributed by atoms with van der Waals surface area (Å²) in [5.41, 5.74) is 0.631.